The second-order valence-electron chi connectivity index (χ2n) is 7.33. The number of amides is 1. The summed E-state index contributed by atoms with van der Waals surface area (Å²) in [5, 5.41) is 13.8. The lowest BCUT2D eigenvalue weighted by Gasteiger charge is -2.12. The number of hydrogen-bond acceptors (Lipinski definition) is 8. The van der Waals surface area contributed by atoms with Crippen molar-refractivity contribution >= 4 is 28.4 Å². The van der Waals surface area contributed by atoms with Crippen molar-refractivity contribution in [3.05, 3.63) is 69.8 Å². The van der Waals surface area contributed by atoms with E-state index in [-0.39, 0.29) is 5.69 Å². The molecule has 0 bridgehead atoms. The summed E-state index contributed by atoms with van der Waals surface area (Å²) in [7, 11) is 4.57. The summed E-state index contributed by atoms with van der Waals surface area (Å²) in [6.45, 7) is 1.58. The third kappa shape index (κ3) is 4.20. The maximum absolute atomic E-state index is 12.6. The highest BCUT2D eigenvalue weighted by Crippen LogP contribution is 2.41. The van der Waals surface area contributed by atoms with Gasteiger partial charge in [-0.15, -0.1) is 0 Å². The van der Waals surface area contributed by atoms with Crippen LogP contribution in [0.15, 0.2) is 52.9 Å². The van der Waals surface area contributed by atoms with Gasteiger partial charge in [0.1, 0.15) is 5.52 Å². The van der Waals surface area contributed by atoms with Crippen molar-refractivity contribution in [1.82, 2.24) is 4.98 Å². The number of nitrogens with one attached hydrogen (secondary N) is 1. The number of ether oxygens (including phenoxy) is 3. The normalized spacial score (nSPS) is 10.7. The Labute approximate surface area is 194 Å². The number of anilines is 1. The first-order valence-electron chi connectivity index (χ1n) is 10.1. The average molecular weight is 463 g/mol. The quantitative estimate of drug-likeness (QED) is 0.300. The Balaban J connectivity index is 1.62. The van der Waals surface area contributed by atoms with Crippen LogP contribution in [0, 0.1) is 17.0 Å². The molecule has 0 aliphatic heterocycles. The van der Waals surface area contributed by atoms with Gasteiger partial charge in [-0.3, -0.25) is 14.9 Å². The molecule has 1 amide bonds. The molecule has 1 N–H and O–H groups in total. The minimum atomic E-state index is -0.485. The summed E-state index contributed by atoms with van der Waals surface area (Å²) in [5.41, 5.74) is 2.84. The molecule has 34 heavy (non-hydrogen) atoms. The Kier molecular flexibility index (Phi) is 6.05. The van der Waals surface area contributed by atoms with Gasteiger partial charge in [0.25, 0.3) is 11.6 Å². The highest BCUT2D eigenvalue weighted by Gasteiger charge is 2.18. The minimum Gasteiger partial charge on any atom is -0.493 e. The van der Waals surface area contributed by atoms with Gasteiger partial charge in [-0.25, -0.2) is 4.98 Å². The van der Waals surface area contributed by atoms with E-state index in [9.17, 15) is 14.9 Å². The summed E-state index contributed by atoms with van der Waals surface area (Å²) in [6, 6.07) is 12.7. The second kappa shape index (κ2) is 9.10. The van der Waals surface area contributed by atoms with Crippen LogP contribution >= 0.6 is 0 Å². The molecule has 0 unspecified atom stereocenters. The van der Waals surface area contributed by atoms with Crippen LogP contribution in [-0.4, -0.2) is 37.1 Å². The summed E-state index contributed by atoms with van der Waals surface area (Å²) < 4.78 is 22.0. The number of oxazole rings is 1. The van der Waals surface area contributed by atoms with E-state index in [4.69, 9.17) is 18.6 Å². The first-order valence-corrected chi connectivity index (χ1v) is 10.1. The molecule has 0 saturated heterocycles. The van der Waals surface area contributed by atoms with Crippen molar-refractivity contribution in [2.45, 2.75) is 6.92 Å². The van der Waals surface area contributed by atoms with Gasteiger partial charge in [-0.2, -0.15) is 0 Å². The maximum atomic E-state index is 12.6. The molecule has 0 atom stereocenters. The average Bonchev–Trinajstić information content (AvgIpc) is 3.26. The van der Waals surface area contributed by atoms with Crippen molar-refractivity contribution in [1.29, 1.82) is 0 Å². The van der Waals surface area contributed by atoms with Crippen LogP contribution in [0.25, 0.3) is 22.6 Å². The molecule has 0 radical (unpaired) electrons. The highest BCUT2D eigenvalue weighted by molar-refractivity contribution is 6.05. The van der Waals surface area contributed by atoms with Crippen LogP contribution in [0.3, 0.4) is 0 Å². The maximum Gasteiger partial charge on any atom is 0.272 e. The van der Waals surface area contributed by atoms with Gasteiger partial charge in [0, 0.05) is 28.4 Å². The molecule has 0 aliphatic carbocycles. The Bertz CT molecular complexity index is 1390. The molecule has 0 saturated carbocycles. The van der Waals surface area contributed by atoms with E-state index in [0.717, 1.165) is 0 Å². The summed E-state index contributed by atoms with van der Waals surface area (Å²) >= 11 is 0. The smallest absolute Gasteiger partial charge is 0.272 e. The van der Waals surface area contributed by atoms with Crippen LogP contribution in [0.5, 0.6) is 17.2 Å². The van der Waals surface area contributed by atoms with Crippen LogP contribution < -0.4 is 19.5 Å². The van der Waals surface area contributed by atoms with E-state index in [1.54, 1.807) is 37.3 Å². The van der Waals surface area contributed by atoms with Crippen molar-refractivity contribution in [2.24, 2.45) is 0 Å². The molecule has 1 heterocycles. The van der Waals surface area contributed by atoms with E-state index in [1.807, 2.05) is 0 Å². The van der Waals surface area contributed by atoms with Crippen molar-refractivity contribution in [3.8, 4) is 28.7 Å². The number of carbonyl (C=O) groups is 1. The number of nitro groups is 1. The van der Waals surface area contributed by atoms with Gasteiger partial charge >= 0.3 is 0 Å². The van der Waals surface area contributed by atoms with Gasteiger partial charge in [0.15, 0.2) is 17.1 Å². The van der Waals surface area contributed by atoms with Crippen LogP contribution in [-0.2, 0) is 0 Å². The molecule has 4 aromatic rings. The predicted octanol–water partition coefficient (Wildman–Crippen LogP) is 4.99. The van der Waals surface area contributed by atoms with Crippen LogP contribution in [0.4, 0.5) is 11.4 Å². The third-order valence-electron chi connectivity index (χ3n) is 5.21. The second-order valence-corrected chi connectivity index (χ2v) is 7.33. The standard InChI is InChI=1S/C24H21N3O7/c1-13-9-14(5-7-18(13)27(29)30)23(28)25-16-6-8-19-17(12-16)26-24(34-19)15-10-20(31-2)22(33-4)21(11-15)32-3/h5-12H,1-4H3,(H,25,28). The number of hydrogen-bond donors (Lipinski definition) is 1. The predicted molar refractivity (Wildman–Crippen MR) is 125 cm³/mol. The fourth-order valence-electron chi connectivity index (χ4n) is 3.54. The van der Waals surface area contributed by atoms with E-state index >= 15 is 0 Å². The zero-order chi connectivity index (χ0) is 24.4. The zero-order valence-corrected chi connectivity index (χ0v) is 18.9. The Morgan fingerprint density at radius 1 is 1.00 bits per heavy atom. The number of carbonyl (C=O) groups excluding carboxylic acids is 1. The SMILES string of the molecule is COc1cc(-c2nc3cc(NC(=O)c4ccc([N+](=O)[O-])c(C)c4)ccc3o2)cc(OC)c1OC. The largest absolute Gasteiger partial charge is 0.493 e. The number of nitro benzene ring substituents is 1. The first-order chi connectivity index (χ1) is 16.3. The van der Waals surface area contributed by atoms with Gasteiger partial charge in [-0.05, 0) is 49.4 Å². The minimum absolute atomic E-state index is 0.0418. The summed E-state index contributed by atoms with van der Waals surface area (Å²) in [5.74, 6) is 1.32. The lowest BCUT2D eigenvalue weighted by molar-refractivity contribution is -0.385. The van der Waals surface area contributed by atoms with Crippen molar-refractivity contribution in [2.75, 3.05) is 26.6 Å². The highest BCUT2D eigenvalue weighted by atomic mass is 16.6. The summed E-state index contributed by atoms with van der Waals surface area (Å²) in [6.07, 6.45) is 0. The number of methoxy groups -OCH3 is 3. The Morgan fingerprint density at radius 3 is 2.29 bits per heavy atom. The summed E-state index contributed by atoms with van der Waals surface area (Å²) in [4.78, 5) is 27.7. The lowest BCUT2D eigenvalue weighted by Crippen LogP contribution is -2.12. The molecule has 10 nitrogen and oxygen atoms in total. The molecule has 0 spiro atoms. The van der Waals surface area contributed by atoms with E-state index in [2.05, 4.69) is 10.3 Å². The number of fused-ring (bicyclic) bond motifs is 1. The zero-order valence-electron chi connectivity index (χ0n) is 18.9. The molecule has 10 heteroatoms. The van der Waals surface area contributed by atoms with E-state index in [1.165, 1.54) is 39.5 Å². The molecule has 0 fully saturated rings. The molecular formula is C24H21N3O7. The number of aryl methyl sites for hydroxylation is 1. The topological polar surface area (TPSA) is 126 Å². The van der Waals surface area contributed by atoms with Gasteiger partial charge in [0.05, 0.1) is 26.3 Å². The Morgan fingerprint density at radius 2 is 1.71 bits per heavy atom. The molecule has 0 aliphatic rings. The molecule has 174 valence electrons. The van der Waals surface area contributed by atoms with E-state index in [0.29, 0.717) is 56.6 Å². The number of rotatable bonds is 7. The van der Waals surface area contributed by atoms with Crippen LogP contribution in [0.2, 0.25) is 0 Å². The van der Waals surface area contributed by atoms with Crippen molar-refractivity contribution in [3.63, 3.8) is 0 Å². The van der Waals surface area contributed by atoms with E-state index < -0.39 is 10.8 Å². The fraction of sp³-hybridized carbons (Fsp3) is 0.167. The number of aromatic nitrogens is 1. The molecule has 1 aromatic heterocycles. The first kappa shape index (κ1) is 22.6. The number of nitrogens with zero attached hydrogens (tertiary/aromatic N) is 2. The number of benzene rings is 3. The van der Waals surface area contributed by atoms with Gasteiger partial charge in [-0.1, -0.05) is 0 Å². The molecular weight excluding hydrogens is 442 g/mol. The van der Waals surface area contributed by atoms with Crippen molar-refractivity contribution < 1.29 is 28.3 Å². The molecule has 4 rings (SSSR count). The fourth-order valence-corrected chi connectivity index (χ4v) is 3.54. The van der Waals surface area contributed by atoms with Crippen LogP contribution in [0.1, 0.15) is 15.9 Å². The monoisotopic (exact) mass is 463 g/mol. The lowest BCUT2D eigenvalue weighted by atomic mass is 10.1. The molecule has 3 aromatic carbocycles. The van der Waals surface area contributed by atoms with Gasteiger partial charge in [0.2, 0.25) is 11.6 Å². The third-order valence-corrected chi connectivity index (χ3v) is 5.21. The Hall–Kier alpha value is -4.60. The van der Waals surface area contributed by atoms with Gasteiger partial charge < -0.3 is 23.9 Å².